The summed E-state index contributed by atoms with van der Waals surface area (Å²) in [5.74, 6) is -1.96. The second-order valence-corrected chi connectivity index (χ2v) is 8.47. The molecule has 0 saturated carbocycles. The third-order valence-corrected chi connectivity index (χ3v) is 5.83. The predicted molar refractivity (Wildman–Crippen MR) is 109 cm³/mol. The van der Waals surface area contributed by atoms with Crippen molar-refractivity contribution in [1.29, 1.82) is 0 Å². The number of rotatable bonds is 10. The number of nitrogens with one attached hydrogen (secondary N) is 2. The smallest absolute Gasteiger partial charge is 0.407 e. The van der Waals surface area contributed by atoms with Crippen molar-refractivity contribution < 1.29 is 27.5 Å². The van der Waals surface area contributed by atoms with Crippen molar-refractivity contribution in [2.75, 3.05) is 12.3 Å². The van der Waals surface area contributed by atoms with E-state index in [0.717, 1.165) is 5.56 Å². The number of alkyl carbamates (subject to hydrolysis) is 1. The minimum absolute atomic E-state index is 0.0373. The number of sulfone groups is 1. The summed E-state index contributed by atoms with van der Waals surface area (Å²) in [4.78, 5) is 35.4. The molecule has 0 heterocycles. The maximum Gasteiger partial charge on any atom is 0.407 e. The van der Waals surface area contributed by atoms with Crippen LogP contribution in [0.15, 0.2) is 65.6 Å². The van der Waals surface area contributed by atoms with Gasteiger partial charge in [-0.15, -0.1) is 0 Å². The van der Waals surface area contributed by atoms with Gasteiger partial charge in [0.25, 0.3) is 0 Å². The van der Waals surface area contributed by atoms with Gasteiger partial charge in [-0.05, 0) is 24.1 Å². The molecule has 0 aliphatic heterocycles. The van der Waals surface area contributed by atoms with Gasteiger partial charge in [-0.25, -0.2) is 13.2 Å². The van der Waals surface area contributed by atoms with Crippen molar-refractivity contribution in [3.8, 4) is 0 Å². The molecule has 160 valence electrons. The molecule has 2 aromatic carbocycles. The summed E-state index contributed by atoms with van der Waals surface area (Å²) >= 11 is 0. The third-order valence-electron chi connectivity index (χ3n) is 4.06. The van der Waals surface area contributed by atoms with Gasteiger partial charge in [-0.1, -0.05) is 48.5 Å². The fourth-order valence-electron chi connectivity index (χ4n) is 2.48. The lowest BCUT2D eigenvalue weighted by Gasteiger charge is -2.16. The van der Waals surface area contributed by atoms with Gasteiger partial charge >= 0.3 is 6.09 Å². The number of primary amides is 1. The monoisotopic (exact) mass is 433 g/mol. The molecule has 0 spiro atoms. The van der Waals surface area contributed by atoms with Crippen molar-refractivity contribution in [2.45, 2.75) is 24.0 Å². The molecule has 10 heteroatoms. The Morgan fingerprint density at radius 2 is 1.57 bits per heavy atom. The minimum Gasteiger partial charge on any atom is -0.445 e. The molecule has 1 atom stereocenters. The highest BCUT2D eigenvalue weighted by Gasteiger charge is 2.23. The Morgan fingerprint density at radius 1 is 0.967 bits per heavy atom. The zero-order valence-electron chi connectivity index (χ0n) is 16.1. The minimum atomic E-state index is -3.63. The molecule has 0 aliphatic rings. The molecule has 0 aliphatic carbocycles. The molecule has 2 aromatic rings. The van der Waals surface area contributed by atoms with Crippen LogP contribution in [-0.2, 0) is 30.8 Å². The van der Waals surface area contributed by atoms with Gasteiger partial charge in [-0.3, -0.25) is 9.59 Å². The molecule has 0 unspecified atom stereocenters. The SMILES string of the molecule is NC(=O)[C@H](CCS(=O)(=O)c1ccccc1)NC(=O)CNC(=O)OCc1ccccc1. The van der Waals surface area contributed by atoms with Gasteiger partial charge in [0, 0.05) is 0 Å². The molecule has 4 N–H and O–H groups in total. The van der Waals surface area contributed by atoms with Crippen LogP contribution in [0.5, 0.6) is 0 Å². The maximum atomic E-state index is 12.3. The van der Waals surface area contributed by atoms with Crippen LogP contribution < -0.4 is 16.4 Å². The van der Waals surface area contributed by atoms with E-state index in [1.54, 1.807) is 42.5 Å². The first-order valence-electron chi connectivity index (χ1n) is 9.09. The van der Waals surface area contributed by atoms with Crippen molar-refractivity contribution in [1.82, 2.24) is 10.6 Å². The van der Waals surface area contributed by atoms with E-state index in [1.807, 2.05) is 6.07 Å². The lowest BCUT2D eigenvalue weighted by molar-refractivity contribution is -0.126. The number of nitrogens with two attached hydrogens (primary N) is 1. The molecular formula is C20H23N3O6S. The molecule has 0 bridgehead atoms. The normalized spacial score (nSPS) is 11.9. The van der Waals surface area contributed by atoms with Crippen molar-refractivity contribution in [2.24, 2.45) is 5.73 Å². The summed E-state index contributed by atoms with van der Waals surface area (Å²) in [6, 6.07) is 15.5. The fraction of sp³-hybridized carbons (Fsp3) is 0.250. The summed E-state index contributed by atoms with van der Waals surface area (Å²) < 4.78 is 29.6. The Labute approximate surface area is 174 Å². The highest BCUT2D eigenvalue weighted by atomic mass is 32.2. The van der Waals surface area contributed by atoms with Crippen LogP contribution >= 0.6 is 0 Å². The van der Waals surface area contributed by atoms with Gasteiger partial charge < -0.3 is 21.1 Å². The molecule has 0 fully saturated rings. The van der Waals surface area contributed by atoms with Crippen LogP contribution in [0.25, 0.3) is 0 Å². The van der Waals surface area contributed by atoms with E-state index >= 15 is 0 Å². The third kappa shape index (κ3) is 7.55. The number of carbonyl (C=O) groups is 3. The molecule has 2 rings (SSSR count). The van der Waals surface area contributed by atoms with Gasteiger partial charge in [-0.2, -0.15) is 0 Å². The number of amides is 3. The number of ether oxygens (including phenoxy) is 1. The fourth-order valence-corrected chi connectivity index (χ4v) is 3.83. The standard InChI is InChI=1S/C20H23N3O6S/c21-19(25)17(11-12-30(27,28)16-9-5-2-6-10-16)23-18(24)13-22-20(26)29-14-15-7-3-1-4-8-15/h1-10,17H,11-14H2,(H2,21,25)(H,22,26)(H,23,24)/t17-/m0/s1. The predicted octanol–water partition coefficient (Wildman–Crippen LogP) is 0.747. The molecule has 0 aromatic heterocycles. The van der Waals surface area contributed by atoms with Gasteiger partial charge in [0.15, 0.2) is 9.84 Å². The molecule has 0 saturated heterocycles. The van der Waals surface area contributed by atoms with E-state index in [4.69, 9.17) is 10.5 Å². The largest absolute Gasteiger partial charge is 0.445 e. The summed E-state index contributed by atoms with van der Waals surface area (Å²) in [5, 5.41) is 4.57. The van der Waals surface area contributed by atoms with Crippen molar-refractivity contribution in [3.05, 3.63) is 66.2 Å². The van der Waals surface area contributed by atoms with Gasteiger partial charge in [0.1, 0.15) is 19.2 Å². The average Bonchev–Trinajstić information content (AvgIpc) is 2.75. The Kier molecular flexibility index (Phi) is 8.36. The first kappa shape index (κ1) is 22.9. The van der Waals surface area contributed by atoms with E-state index in [2.05, 4.69) is 10.6 Å². The number of hydrogen-bond acceptors (Lipinski definition) is 6. The topological polar surface area (TPSA) is 145 Å². The van der Waals surface area contributed by atoms with Crippen LogP contribution in [-0.4, -0.2) is 44.7 Å². The Bertz CT molecular complexity index is 965. The van der Waals surface area contributed by atoms with Crippen LogP contribution in [0.4, 0.5) is 4.79 Å². The number of hydrogen-bond donors (Lipinski definition) is 3. The molecular weight excluding hydrogens is 410 g/mol. The highest BCUT2D eigenvalue weighted by molar-refractivity contribution is 7.91. The summed E-state index contributed by atoms with van der Waals surface area (Å²) in [5.41, 5.74) is 6.04. The first-order valence-corrected chi connectivity index (χ1v) is 10.7. The lowest BCUT2D eigenvalue weighted by Crippen LogP contribution is -2.48. The molecule has 0 radical (unpaired) electrons. The van der Waals surface area contributed by atoms with Crippen LogP contribution in [0.1, 0.15) is 12.0 Å². The Morgan fingerprint density at radius 3 is 2.17 bits per heavy atom. The zero-order chi connectivity index (χ0) is 22.0. The van der Waals surface area contributed by atoms with Crippen LogP contribution in [0.3, 0.4) is 0 Å². The maximum absolute atomic E-state index is 12.3. The number of benzene rings is 2. The van der Waals surface area contributed by atoms with Crippen LogP contribution in [0, 0.1) is 0 Å². The Hall–Kier alpha value is -3.40. The van der Waals surface area contributed by atoms with Crippen molar-refractivity contribution >= 4 is 27.7 Å². The second-order valence-electron chi connectivity index (χ2n) is 6.36. The quantitative estimate of drug-likeness (QED) is 0.504. The summed E-state index contributed by atoms with van der Waals surface area (Å²) in [7, 11) is -3.63. The van der Waals surface area contributed by atoms with E-state index in [-0.39, 0.29) is 23.7 Å². The van der Waals surface area contributed by atoms with Crippen molar-refractivity contribution in [3.63, 3.8) is 0 Å². The Balaban J connectivity index is 1.79. The molecule has 30 heavy (non-hydrogen) atoms. The van der Waals surface area contributed by atoms with E-state index in [1.165, 1.54) is 12.1 Å². The zero-order valence-corrected chi connectivity index (χ0v) is 16.9. The second kappa shape index (κ2) is 11.0. The summed E-state index contributed by atoms with van der Waals surface area (Å²) in [6.45, 7) is -0.418. The van der Waals surface area contributed by atoms with E-state index in [0.29, 0.717) is 0 Å². The van der Waals surface area contributed by atoms with Crippen LogP contribution in [0.2, 0.25) is 0 Å². The number of carbonyl (C=O) groups excluding carboxylic acids is 3. The average molecular weight is 433 g/mol. The van der Waals surface area contributed by atoms with Gasteiger partial charge in [0.2, 0.25) is 11.8 Å². The lowest BCUT2D eigenvalue weighted by atomic mass is 10.2. The highest BCUT2D eigenvalue weighted by Crippen LogP contribution is 2.12. The molecule has 3 amide bonds. The van der Waals surface area contributed by atoms with Gasteiger partial charge in [0.05, 0.1) is 10.6 Å². The van der Waals surface area contributed by atoms with E-state index in [9.17, 15) is 22.8 Å². The molecule has 9 nitrogen and oxygen atoms in total. The summed E-state index contributed by atoms with van der Waals surface area (Å²) in [6.07, 6.45) is -1.01. The van der Waals surface area contributed by atoms with E-state index < -0.39 is 40.3 Å². The first-order chi connectivity index (χ1) is 14.3.